The molecule has 1 N–H and O–H groups in total. The van der Waals surface area contributed by atoms with Crippen LogP contribution in [0.25, 0.3) is 0 Å². The van der Waals surface area contributed by atoms with Gasteiger partial charge in [-0.2, -0.15) is 0 Å². The summed E-state index contributed by atoms with van der Waals surface area (Å²) >= 11 is 2.81. The van der Waals surface area contributed by atoms with E-state index in [0.29, 0.717) is 10.6 Å². The van der Waals surface area contributed by atoms with Crippen molar-refractivity contribution in [1.82, 2.24) is 0 Å². The third kappa shape index (κ3) is 3.49. The number of anilines is 1. The number of carbonyl (C=O) groups excluding carboxylic acids is 2. The molecule has 1 aromatic heterocycles. The van der Waals surface area contributed by atoms with Gasteiger partial charge in [0.15, 0.2) is 0 Å². The second-order valence-corrected chi connectivity index (χ2v) is 6.84. The number of amides is 1. The van der Waals surface area contributed by atoms with Crippen LogP contribution in [0, 0.1) is 5.41 Å². The summed E-state index contributed by atoms with van der Waals surface area (Å²) in [5, 5.41) is 2.84. The summed E-state index contributed by atoms with van der Waals surface area (Å²) in [4.78, 5) is 23.9. The van der Waals surface area contributed by atoms with Crippen LogP contribution in [0.2, 0.25) is 0 Å². The molecule has 0 radical (unpaired) electrons. The van der Waals surface area contributed by atoms with Gasteiger partial charge < -0.3 is 10.1 Å². The van der Waals surface area contributed by atoms with Gasteiger partial charge in [0.2, 0.25) is 5.91 Å². The Hall–Kier alpha value is -1.01. The van der Waals surface area contributed by atoms with E-state index in [4.69, 9.17) is 0 Å². The highest BCUT2D eigenvalue weighted by molar-refractivity contribution is 8.00. The smallest absolute Gasteiger partial charge is 0.348 e. The average Bonchev–Trinajstić information content (AvgIpc) is 2.69. The van der Waals surface area contributed by atoms with Crippen LogP contribution in [0.1, 0.15) is 30.4 Å². The zero-order valence-electron chi connectivity index (χ0n) is 11.1. The van der Waals surface area contributed by atoms with Gasteiger partial charge in [-0.15, -0.1) is 23.1 Å². The van der Waals surface area contributed by atoms with Crippen molar-refractivity contribution in [2.45, 2.75) is 25.0 Å². The minimum atomic E-state index is -0.469. The zero-order chi connectivity index (χ0) is 13.9. The number of ether oxygens (including phenoxy) is 1. The Labute approximate surface area is 115 Å². The monoisotopic (exact) mass is 287 g/mol. The largest absolute Gasteiger partial charge is 0.465 e. The molecule has 1 aromatic rings. The number of carbonyl (C=O) groups is 2. The van der Waals surface area contributed by atoms with E-state index in [0.717, 1.165) is 4.21 Å². The molecular formula is C12H17NO3S2. The van der Waals surface area contributed by atoms with E-state index < -0.39 is 5.41 Å². The Morgan fingerprint density at radius 3 is 2.44 bits per heavy atom. The van der Waals surface area contributed by atoms with Gasteiger partial charge in [0.25, 0.3) is 0 Å². The summed E-state index contributed by atoms with van der Waals surface area (Å²) < 4.78 is 5.57. The maximum Gasteiger partial charge on any atom is 0.348 e. The second-order valence-electron chi connectivity index (χ2n) is 4.71. The van der Waals surface area contributed by atoms with Gasteiger partial charge in [-0.3, -0.25) is 4.79 Å². The van der Waals surface area contributed by atoms with E-state index in [2.05, 4.69) is 10.1 Å². The van der Waals surface area contributed by atoms with Crippen LogP contribution in [0.3, 0.4) is 0 Å². The number of hydrogen-bond donors (Lipinski definition) is 1. The quantitative estimate of drug-likeness (QED) is 0.685. The lowest BCUT2D eigenvalue weighted by atomic mass is 9.96. The molecule has 0 fully saturated rings. The summed E-state index contributed by atoms with van der Waals surface area (Å²) in [6.07, 6.45) is 1.90. The van der Waals surface area contributed by atoms with Crippen molar-refractivity contribution >= 4 is 40.7 Å². The number of thioether (sulfide) groups is 1. The zero-order valence-corrected chi connectivity index (χ0v) is 12.8. The lowest BCUT2D eigenvalue weighted by Gasteiger charge is -2.17. The van der Waals surface area contributed by atoms with Crippen LogP contribution in [0.4, 0.5) is 5.69 Å². The van der Waals surface area contributed by atoms with E-state index in [9.17, 15) is 9.59 Å². The third-order valence-electron chi connectivity index (χ3n) is 2.20. The number of nitrogens with one attached hydrogen (secondary N) is 1. The standard InChI is InChI=1S/C12H17NO3S2/c1-12(2,3)11(15)13-7-6-8(9(14)16-4)18-10(7)17-5/h6H,1-5H3,(H,13,15). The van der Waals surface area contributed by atoms with Crippen molar-refractivity contribution in [2.24, 2.45) is 5.41 Å². The van der Waals surface area contributed by atoms with Crippen LogP contribution in [-0.4, -0.2) is 25.2 Å². The van der Waals surface area contributed by atoms with E-state index in [1.54, 1.807) is 6.07 Å². The molecule has 0 aliphatic carbocycles. The number of thiophene rings is 1. The Bertz CT molecular complexity index is 460. The van der Waals surface area contributed by atoms with Crippen molar-refractivity contribution in [1.29, 1.82) is 0 Å². The predicted octanol–water partition coefficient (Wildman–Crippen LogP) is 3.24. The fourth-order valence-electron chi connectivity index (χ4n) is 1.12. The molecule has 0 aliphatic heterocycles. The van der Waals surface area contributed by atoms with E-state index in [1.807, 2.05) is 27.0 Å². The van der Waals surface area contributed by atoms with Gasteiger partial charge in [0.1, 0.15) is 4.88 Å². The van der Waals surface area contributed by atoms with Crippen molar-refractivity contribution in [2.75, 3.05) is 18.7 Å². The summed E-state index contributed by atoms with van der Waals surface area (Å²) in [5.41, 5.74) is 0.205. The van der Waals surface area contributed by atoms with E-state index in [1.165, 1.54) is 30.2 Å². The molecule has 1 heterocycles. The van der Waals surface area contributed by atoms with Gasteiger partial charge in [0.05, 0.1) is 17.0 Å². The van der Waals surface area contributed by atoms with Crippen molar-refractivity contribution in [3.8, 4) is 0 Å². The van der Waals surface area contributed by atoms with Gasteiger partial charge in [0, 0.05) is 5.41 Å². The first-order valence-corrected chi connectivity index (χ1v) is 7.41. The van der Waals surface area contributed by atoms with Gasteiger partial charge in [-0.1, -0.05) is 20.8 Å². The Morgan fingerprint density at radius 1 is 1.39 bits per heavy atom. The molecule has 0 saturated heterocycles. The van der Waals surface area contributed by atoms with E-state index in [-0.39, 0.29) is 11.9 Å². The normalized spacial score (nSPS) is 11.2. The molecule has 4 nitrogen and oxygen atoms in total. The summed E-state index contributed by atoms with van der Waals surface area (Å²) in [5.74, 6) is -0.460. The maximum absolute atomic E-state index is 11.9. The molecule has 0 aliphatic rings. The highest BCUT2D eigenvalue weighted by Gasteiger charge is 2.23. The molecule has 18 heavy (non-hydrogen) atoms. The fourth-order valence-corrected chi connectivity index (χ4v) is 2.82. The van der Waals surface area contributed by atoms with Crippen molar-refractivity contribution in [3.63, 3.8) is 0 Å². The lowest BCUT2D eigenvalue weighted by Crippen LogP contribution is -2.27. The average molecular weight is 287 g/mol. The molecule has 6 heteroatoms. The topological polar surface area (TPSA) is 55.4 Å². The van der Waals surface area contributed by atoms with Crippen LogP contribution in [0.15, 0.2) is 10.3 Å². The molecule has 0 bridgehead atoms. The lowest BCUT2D eigenvalue weighted by molar-refractivity contribution is -0.123. The first-order chi connectivity index (χ1) is 8.29. The molecular weight excluding hydrogens is 270 g/mol. The number of methoxy groups -OCH3 is 1. The first-order valence-electron chi connectivity index (χ1n) is 5.37. The predicted molar refractivity (Wildman–Crippen MR) is 75.5 cm³/mol. The minimum Gasteiger partial charge on any atom is -0.465 e. The van der Waals surface area contributed by atoms with Crippen molar-refractivity contribution in [3.05, 3.63) is 10.9 Å². The molecule has 0 aromatic carbocycles. The second kappa shape index (κ2) is 5.75. The summed E-state index contributed by atoms with van der Waals surface area (Å²) in [6.45, 7) is 5.53. The minimum absolute atomic E-state index is 0.0768. The highest BCUT2D eigenvalue weighted by Crippen LogP contribution is 2.36. The number of hydrogen-bond acceptors (Lipinski definition) is 5. The van der Waals surface area contributed by atoms with Crippen LogP contribution < -0.4 is 5.32 Å². The third-order valence-corrected chi connectivity index (χ3v) is 4.45. The highest BCUT2D eigenvalue weighted by atomic mass is 32.2. The Kier molecular flexibility index (Phi) is 4.81. The van der Waals surface area contributed by atoms with Gasteiger partial charge >= 0.3 is 5.97 Å². The number of esters is 1. The van der Waals surface area contributed by atoms with Crippen LogP contribution in [-0.2, 0) is 9.53 Å². The summed E-state index contributed by atoms with van der Waals surface area (Å²) in [7, 11) is 1.34. The molecule has 0 saturated carbocycles. The number of rotatable bonds is 3. The molecule has 0 unspecified atom stereocenters. The molecule has 1 amide bonds. The molecule has 1 rings (SSSR count). The molecule has 0 spiro atoms. The van der Waals surface area contributed by atoms with Crippen molar-refractivity contribution < 1.29 is 14.3 Å². The van der Waals surface area contributed by atoms with E-state index >= 15 is 0 Å². The van der Waals surface area contributed by atoms with Crippen LogP contribution in [0.5, 0.6) is 0 Å². The first kappa shape index (κ1) is 15.0. The molecule has 100 valence electrons. The Balaban J connectivity index is 2.98. The maximum atomic E-state index is 11.9. The van der Waals surface area contributed by atoms with Gasteiger partial charge in [-0.05, 0) is 12.3 Å². The molecule has 0 atom stereocenters. The van der Waals surface area contributed by atoms with Gasteiger partial charge in [-0.25, -0.2) is 4.79 Å². The fraction of sp³-hybridized carbons (Fsp3) is 0.500. The Morgan fingerprint density at radius 2 is 2.00 bits per heavy atom. The van der Waals surface area contributed by atoms with Crippen LogP contribution >= 0.6 is 23.1 Å². The SMILES string of the molecule is COC(=O)c1cc(NC(=O)C(C)(C)C)c(SC)s1. The summed E-state index contributed by atoms with van der Waals surface area (Å²) in [6, 6.07) is 1.66.